The highest BCUT2D eigenvalue weighted by Crippen LogP contribution is 2.23. The Hall–Kier alpha value is -0.910. The van der Waals surface area contributed by atoms with Gasteiger partial charge in [-0.05, 0) is 26.0 Å². The van der Waals surface area contributed by atoms with Crippen LogP contribution < -0.4 is 0 Å². The van der Waals surface area contributed by atoms with Gasteiger partial charge < -0.3 is 4.74 Å². The summed E-state index contributed by atoms with van der Waals surface area (Å²) in [5.74, 6) is 0. The van der Waals surface area contributed by atoms with Gasteiger partial charge >= 0.3 is 0 Å². The first kappa shape index (κ1) is 11.6. The summed E-state index contributed by atoms with van der Waals surface area (Å²) in [5.41, 5.74) is 1.01. The van der Waals surface area contributed by atoms with E-state index in [1.165, 1.54) is 0 Å². The van der Waals surface area contributed by atoms with Crippen LogP contribution in [-0.4, -0.2) is 27.2 Å². The predicted octanol–water partition coefficient (Wildman–Crippen LogP) is 1.49. The largest absolute Gasteiger partial charge is 0.367 e. The van der Waals surface area contributed by atoms with Crippen molar-refractivity contribution in [3.05, 3.63) is 29.8 Å². The molecule has 1 aliphatic heterocycles. The van der Waals surface area contributed by atoms with Gasteiger partial charge in [0.2, 0.25) is 0 Å². The second kappa shape index (κ2) is 4.16. The molecular formula is C11H14O4S. The van der Waals surface area contributed by atoms with Crippen molar-refractivity contribution >= 4 is 10.1 Å². The predicted molar refractivity (Wildman–Crippen MR) is 58.7 cm³/mol. The van der Waals surface area contributed by atoms with Gasteiger partial charge in [0.25, 0.3) is 10.1 Å². The van der Waals surface area contributed by atoms with Crippen LogP contribution in [0.5, 0.6) is 0 Å². The third kappa shape index (κ3) is 2.61. The van der Waals surface area contributed by atoms with Gasteiger partial charge in [0.05, 0.1) is 17.6 Å². The third-order valence-corrected chi connectivity index (χ3v) is 3.83. The number of epoxide rings is 1. The molecule has 0 saturated carbocycles. The van der Waals surface area contributed by atoms with Gasteiger partial charge in [0, 0.05) is 0 Å². The molecule has 4 nitrogen and oxygen atoms in total. The van der Waals surface area contributed by atoms with E-state index >= 15 is 0 Å². The van der Waals surface area contributed by atoms with Crippen molar-refractivity contribution in [1.29, 1.82) is 0 Å². The minimum absolute atomic E-state index is 0.0831. The fourth-order valence-corrected chi connectivity index (χ4v) is 2.25. The van der Waals surface area contributed by atoms with Gasteiger partial charge in [-0.25, -0.2) is 0 Å². The molecule has 1 aromatic rings. The summed E-state index contributed by atoms with van der Waals surface area (Å²) in [6.07, 6.45) is 0.0217. The highest BCUT2D eigenvalue weighted by Gasteiger charge is 2.35. The van der Waals surface area contributed by atoms with E-state index in [1.54, 1.807) is 24.3 Å². The fourth-order valence-electron chi connectivity index (χ4n) is 1.33. The van der Waals surface area contributed by atoms with Crippen molar-refractivity contribution in [2.45, 2.75) is 31.0 Å². The summed E-state index contributed by atoms with van der Waals surface area (Å²) in [6.45, 7) is 3.88. The lowest BCUT2D eigenvalue weighted by atomic mass is 10.2. The van der Waals surface area contributed by atoms with Crippen LogP contribution >= 0.6 is 0 Å². The Kier molecular flexibility index (Phi) is 3.01. The molecule has 5 heteroatoms. The summed E-state index contributed by atoms with van der Waals surface area (Å²) in [6, 6.07) is 6.57. The topological polar surface area (TPSA) is 55.9 Å². The molecule has 2 unspecified atom stereocenters. The number of benzene rings is 1. The van der Waals surface area contributed by atoms with Gasteiger partial charge in [-0.1, -0.05) is 17.7 Å². The first-order chi connectivity index (χ1) is 7.49. The molecule has 0 N–H and O–H groups in total. The quantitative estimate of drug-likeness (QED) is 0.593. The maximum absolute atomic E-state index is 11.7. The Bertz CT molecular complexity index is 463. The van der Waals surface area contributed by atoms with E-state index in [0.717, 1.165) is 5.56 Å². The van der Waals surface area contributed by atoms with Gasteiger partial charge in [-0.3, -0.25) is 4.18 Å². The molecular weight excluding hydrogens is 228 g/mol. The summed E-state index contributed by atoms with van der Waals surface area (Å²) < 4.78 is 33.4. The zero-order chi connectivity index (χ0) is 11.8. The fraction of sp³-hybridized carbons (Fsp3) is 0.455. The van der Waals surface area contributed by atoms with Crippen molar-refractivity contribution in [3.8, 4) is 0 Å². The molecule has 1 fully saturated rings. The first-order valence-electron chi connectivity index (χ1n) is 5.10. The molecule has 1 heterocycles. The molecule has 0 bridgehead atoms. The van der Waals surface area contributed by atoms with Crippen molar-refractivity contribution in [2.75, 3.05) is 6.61 Å². The van der Waals surface area contributed by atoms with E-state index in [4.69, 9.17) is 8.92 Å². The average Bonchev–Trinajstić information content (AvgIpc) is 2.93. The Morgan fingerprint density at radius 3 is 2.38 bits per heavy atom. The van der Waals surface area contributed by atoms with Gasteiger partial charge in [0.1, 0.15) is 6.10 Å². The van der Waals surface area contributed by atoms with E-state index in [2.05, 4.69) is 0 Å². The molecule has 88 valence electrons. The SMILES string of the molecule is Cc1ccc(S(=O)(=O)OCC2OC2C)cc1. The summed E-state index contributed by atoms with van der Waals surface area (Å²) in [4.78, 5) is 0.186. The van der Waals surface area contributed by atoms with Crippen molar-refractivity contribution in [3.63, 3.8) is 0 Å². The zero-order valence-electron chi connectivity index (χ0n) is 9.21. The molecule has 2 atom stereocenters. The maximum atomic E-state index is 11.7. The Morgan fingerprint density at radius 1 is 1.31 bits per heavy atom. The van der Waals surface area contributed by atoms with Gasteiger partial charge in [-0.15, -0.1) is 0 Å². The second-order valence-electron chi connectivity index (χ2n) is 3.93. The third-order valence-electron chi connectivity index (χ3n) is 2.53. The van der Waals surface area contributed by atoms with Crippen LogP contribution in [0.4, 0.5) is 0 Å². The van der Waals surface area contributed by atoms with Crippen LogP contribution in [0.1, 0.15) is 12.5 Å². The molecule has 2 rings (SSSR count). The molecule has 0 spiro atoms. The van der Waals surface area contributed by atoms with E-state index in [0.29, 0.717) is 0 Å². The number of hydrogen-bond donors (Lipinski definition) is 0. The molecule has 0 amide bonds. The Labute approximate surface area is 95.3 Å². The summed E-state index contributed by atoms with van der Waals surface area (Å²) in [7, 11) is -3.64. The van der Waals surface area contributed by atoms with Crippen molar-refractivity contribution < 1.29 is 17.3 Å². The van der Waals surface area contributed by atoms with Crippen LogP contribution in [0.25, 0.3) is 0 Å². The van der Waals surface area contributed by atoms with E-state index < -0.39 is 10.1 Å². The lowest BCUT2D eigenvalue weighted by Crippen LogP contribution is -2.11. The monoisotopic (exact) mass is 242 g/mol. The molecule has 1 saturated heterocycles. The minimum atomic E-state index is -3.64. The zero-order valence-corrected chi connectivity index (χ0v) is 10.0. The maximum Gasteiger partial charge on any atom is 0.297 e. The van der Waals surface area contributed by atoms with E-state index in [1.807, 2.05) is 13.8 Å². The van der Waals surface area contributed by atoms with Gasteiger partial charge in [0.15, 0.2) is 0 Å². The van der Waals surface area contributed by atoms with Crippen LogP contribution in [0.15, 0.2) is 29.2 Å². The highest BCUT2D eigenvalue weighted by molar-refractivity contribution is 7.86. The van der Waals surface area contributed by atoms with Crippen LogP contribution in [0, 0.1) is 6.92 Å². The van der Waals surface area contributed by atoms with Gasteiger partial charge in [-0.2, -0.15) is 8.42 Å². The molecule has 1 aromatic carbocycles. The van der Waals surface area contributed by atoms with Crippen LogP contribution in [-0.2, 0) is 19.0 Å². The lowest BCUT2D eigenvalue weighted by molar-refractivity contribution is 0.264. The normalized spacial score (nSPS) is 24.4. The molecule has 0 aliphatic carbocycles. The smallest absolute Gasteiger partial charge is 0.297 e. The lowest BCUT2D eigenvalue weighted by Gasteiger charge is -2.04. The van der Waals surface area contributed by atoms with Crippen molar-refractivity contribution in [1.82, 2.24) is 0 Å². The van der Waals surface area contributed by atoms with Crippen LogP contribution in [0.2, 0.25) is 0 Å². The molecule has 0 radical (unpaired) electrons. The number of rotatable bonds is 4. The second-order valence-corrected chi connectivity index (χ2v) is 5.55. The average molecular weight is 242 g/mol. The Morgan fingerprint density at radius 2 is 1.88 bits per heavy atom. The highest BCUT2D eigenvalue weighted by atomic mass is 32.2. The molecule has 1 aliphatic rings. The van der Waals surface area contributed by atoms with E-state index in [9.17, 15) is 8.42 Å². The molecule has 0 aromatic heterocycles. The summed E-state index contributed by atoms with van der Waals surface area (Å²) >= 11 is 0. The minimum Gasteiger partial charge on any atom is -0.367 e. The standard InChI is InChI=1S/C11H14O4S/c1-8-3-5-10(6-4-8)16(12,13)14-7-11-9(2)15-11/h3-6,9,11H,7H2,1-2H3. The molecule has 16 heavy (non-hydrogen) atoms. The summed E-state index contributed by atoms with van der Waals surface area (Å²) in [5, 5.41) is 0. The first-order valence-corrected chi connectivity index (χ1v) is 6.51. The van der Waals surface area contributed by atoms with E-state index in [-0.39, 0.29) is 23.7 Å². The number of aryl methyl sites for hydroxylation is 1. The van der Waals surface area contributed by atoms with Crippen LogP contribution in [0.3, 0.4) is 0 Å². The number of hydrogen-bond acceptors (Lipinski definition) is 4. The number of ether oxygens (including phenoxy) is 1. The Balaban J connectivity index is 2.03. The van der Waals surface area contributed by atoms with Crippen molar-refractivity contribution in [2.24, 2.45) is 0 Å².